The quantitative estimate of drug-likeness (QED) is 0.597. The zero-order valence-electron chi connectivity index (χ0n) is 16.0. The molecule has 0 fully saturated rings. The van der Waals surface area contributed by atoms with Gasteiger partial charge in [0.15, 0.2) is 0 Å². The number of likely N-dealkylation sites (N-methyl/N-ethyl adjacent to an activating group) is 1. The van der Waals surface area contributed by atoms with E-state index in [-0.39, 0.29) is 12.2 Å². The molecule has 2 aromatic carbocycles. The normalized spacial score (nSPS) is 11.7. The second kappa shape index (κ2) is 8.75. The Bertz CT molecular complexity index is 983. The summed E-state index contributed by atoms with van der Waals surface area (Å²) in [6.07, 6.45) is -4.53. The van der Waals surface area contributed by atoms with Crippen LogP contribution in [0.2, 0.25) is 0 Å². The molecule has 0 radical (unpaired) electrons. The summed E-state index contributed by atoms with van der Waals surface area (Å²) in [6, 6.07) is 13.0. The second-order valence-electron chi connectivity index (χ2n) is 6.77. The van der Waals surface area contributed by atoms with Gasteiger partial charge in [-0.15, -0.1) is 11.3 Å². The topological polar surface area (TPSA) is 45.2 Å². The fraction of sp³-hybridized carbons (Fsp3) is 0.238. The molecule has 4 nitrogen and oxygen atoms in total. The number of alkyl halides is 3. The molecule has 3 rings (SSSR count). The summed E-state index contributed by atoms with van der Waals surface area (Å²) >= 11 is 1.51. The predicted molar refractivity (Wildman–Crippen MR) is 109 cm³/mol. The number of nitrogens with one attached hydrogen (secondary N) is 1. The number of aromatic nitrogens is 1. The molecule has 0 aliphatic rings. The van der Waals surface area contributed by atoms with E-state index in [1.807, 2.05) is 36.6 Å². The van der Waals surface area contributed by atoms with E-state index in [0.717, 1.165) is 22.3 Å². The molecule has 29 heavy (non-hydrogen) atoms. The summed E-state index contributed by atoms with van der Waals surface area (Å²) < 4.78 is 39.1. The third-order valence-electron chi connectivity index (χ3n) is 4.20. The Morgan fingerprint density at radius 2 is 1.83 bits per heavy atom. The first-order valence-corrected chi connectivity index (χ1v) is 9.76. The van der Waals surface area contributed by atoms with Crippen molar-refractivity contribution in [2.45, 2.75) is 19.6 Å². The SMILES string of the molecule is Cc1ccc(-c2nc(CN(C)CC(=O)Nc3ccccc3C(F)(F)F)cs2)cc1. The molecule has 8 heteroatoms. The summed E-state index contributed by atoms with van der Waals surface area (Å²) in [6.45, 7) is 2.38. The molecule has 0 aliphatic carbocycles. The maximum Gasteiger partial charge on any atom is 0.418 e. The van der Waals surface area contributed by atoms with Crippen LogP contribution >= 0.6 is 11.3 Å². The highest BCUT2D eigenvalue weighted by atomic mass is 32.1. The van der Waals surface area contributed by atoms with E-state index in [9.17, 15) is 18.0 Å². The van der Waals surface area contributed by atoms with Gasteiger partial charge in [-0.1, -0.05) is 42.0 Å². The highest BCUT2D eigenvalue weighted by Gasteiger charge is 2.33. The minimum atomic E-state index is -4.53. The van der Waals surface area contributed by atoms with Crippen molar-refractivity contribution < 1.29 is 18.0 Å². The smallest absolute Gasteiger partial charge is 0.324 e. The molecule has 0 bridgehead atoms. The third kappa shape index (κ3) is 5.65. The van der Waals surface area contributed by atoms with E-state index in [1.165, 1.54) is 35.1 Å². The van der Waals surface area contributed by atoms with Gasteiger partial charge in [-0.3, -0.25) is 9.69 Å². The van der Waals surface area contributed by atoms with Crippen LogP contribution in [0.15, 0.2) is 53.9 Å². The van der Waals surface area contributed by atoms with Crippen molar-refractivity contribution in [2.24, 2.45) is 0 Å². The first-order chi connectivity index (χ1) is 13.7. The first-order valence-electron chi connectivity index (χ1n) is 8.88. The van der Waals surface area contributed by atoms with Crippen LogP contribution in [0.3, 0.4) is 0 Å². The number of thiazole rings is 1. The maximum absolute atomic E-state index is 13.0. The van der Waals surface area contributed by atoms with Gasteiger partial charge in [0.05, 0.1) is 23.5 Å². The number of nitrogens with zero attached hydrogens (tertiary/aromatic N) is 2. The molecular weight excluding hydrogens is 399 g/mol. The van der Waals surface area contributed by atoms with E-state index >= 15 is 0 Å². The van der Waals surface area contributed by atoms with E-state index in [4.69, 9.17) is 0 Å². The molecule has 3 aromatic rings. The summed E-state index contributed by atoms with van der Waals surface area (Å²) in [5, 5.41) is 5.16. The van der Waals surface area contributed by atoms with E-state index < -0.39 is 17.6 Å². The number of hydrogen-bond acceptors (Lipinski definition) is 4. The zero-order valence-corrected chi connectivity index (χ0v) is 16.8. The van der Waals surface area contributed by atoms with Crippen molar-refractivity contribution in [1.82, 2.24) is 9.88 Å². The first kappa shape index (κ1) is 21.0. The van der Waals surface area contributed by atoms with Crippen LogP contribution in [0.4, 0.5) is 18.9 Å². The molecule has 0 aliphatic heterocycles. The van der Waals surface area contributed by atoms with Gasteiger partial charge < -0.3 is 5.32 Å². The number of anilines is 1. The molecule has 0 saturated heterocycles. The minimum absolute atomic E-state index is 0.0520. The number of rotatable bonds is 6. The fourth-order valence-corrected chi connectivity index (χ4v) is 3.63. The Balaban J connectivity index is 1.59. The second-order valence-corrected chi connectivity index (χ2v) is 7.63. The largest absolute Gasteiger partial charge is 0.418 e. The lowest BCUT2D eigenvalue weighted by Gasteiger charge is -2.17. The average molecular weight is 419 g/mol. The van der Waals surface area contributed by atoms with Gasteiger partial charge in [0.2, 0.25) is 5.91 Å². The molecule has 0 spiro atoms. The van der Waals surface area contributed by atoms with Crippen LogP contribution in [-0.2, 0) is 17.5 Å². The summed E-state index contributed by atoms with van der Waals surface area (Å²) in [7, 11) is 1.72. The van der Waals surface area contributed by atoms with Gasteiger partial charge in [0.25, 0.3) is 0 Å². The van der Waals surface area contributed by atoms with Gasteiger partial charge in [-0.25, -0.2) is 4.98 Å². The molecule has 1 aromatic heterocycles. The van der Waals surface area contributed by atoms with Crippen LogP contribution in [0.1, 0.15) is 16.8 Å². The summed E-state index contributed by atoms with van der Waals surface area (Å²) in [5.74, 6) is -0.516. The molecular formula is C21H20F3N3OS. The summed E-state index contributed by atoms with van der Waals surface area (Å²) in [5.41, 5.74) is 1.89. The molecule has 0 unspecified atom stereocenters. The van der Waals surface area contributed by atoms with Crippen molar-refractivity contribution in [3.05, 3.63) is 70.7 Å². The number of carbonyl (C=O) groups is 1. The Kier molecular flexibility index (Phi) is 6.34. The van der Waals surface area contributed by atoms with Gasteiger partial charge in [-0.2, -0.15) is 13.2 Å². The van der Waals surface area contributed by atoms with Crippen LogP contribution in [0.25, 0.3) is 10.6 Å². The standard InChI is InChI=1S/C21H20F3N3OS/c1-14-7-9-15(10-8-14)20-25-16(13-29-20)11-27(2)12-19(28)26-18-6-4-3-5-17(18)21(22,23)24/h3-10,13H,11-12H2,1-2H3,(H,26,28). The third-order valence-corrected chi connectivity index (χ3v) is 5.14. The van der Waals surface area contributed by atoms with Crippen molar-refractivity contribution >= 4 is 22.9 Å². The Labute approximate surface area is 171 Å². The van der Waals surface area contributed by atoms with E-state index in [0.29, 0.717) is 6.54 Å². The Morgan fingerprint density at radius 1 is 1.14 bits per heavy atom. The van der Waals surface area contributed by atoms with Crippen LogP contribution in [-0.4, -0.2) is 29.4 Å². The van der Waals surface area contributed by atoms with Crippen LogP contribution in [0.5, 0.6) is 0 Å². The molecule has 0 saturated carbocycles. The fourth-order valence-electron chi connectivity index (χ4n) is 2.81. The van der Waals surface area contributed by atoms with Gasteiger partial charge in [-0.05, 0) is 26.1 Å². The highest BCUT2D eigenvalue weighted by molar-refractivity contribution is 7.13. The lowest BCUT2D eigenvalue weighted by molar-refractivity contribution is -0.137. The molecule has 0 atom stereocenters. The van der Waals surface area contributed by atoms with Crippen molar-refractivity contribution in [3.63, 3.8) is 0 Å². The number of halogens is 3. The Hall–Kier alpha value is -2.71. The van der Waals surface area contributed by atoms with E-state index in [1.54, 1.807) is 11.9 Å². The van der Waals surface area contributed by atoms with Crippen molar-refractivity contribution in [1.29, 1.82) is 0 Å². The lowest BCUT2D eigenvalue weighted by atomic mass is 10.1. The van der Waals surface area contributed by atoms with E-state index in [2.05, 4.69) is 10.3 Å². The van der Waals surface area contributed by atoms with Crippen LogP contribution in [0, 0.1) is 6.92 Å². The van der Waals surface area contributed by atoms with Crippen LogP contribution < -0.4 is 5.32 Å². The van der Waals surface area contributed by atoms with Crippen molar-refractivity contribution in [3.8, 4) is 10.6 Å². The number of carbonyl (C=O) groups excluding carboxylic acids is 1. The monoisotopic (exact) mass is 419 g/mol. The number of amides is 1. The van der Waals surface area contributed by atoms with Gasteiger partial charge in [0, 0.05) is 17.5 Å². The van der Waals surface area contributed by atoms with Gasteiger partial charge >= 0.3 is 6.18 Å². The average Bonchev–Trinajstić information content (AvgIpc) is 3.10. The lowest BCUT2D eigenvalue weighted by Crippen LogP contribution is -2.30. The number of hydrogen-bond donors (Lipinski definition) is 1. The number of benzene rings is 2. The van der Waals surface area contributed by atoms with Crippen molar-refractivity contribution in [2.75, 3.05) is 18.9 Å². The Morgan fingerprint density at radius 3 is 2.52 bits per heavy atom. The number of para-hydroxylation sites is 1. The highest BCUT2D eigenvalue weighted by Crippen LogP contribution is 2.34. The van der Waals surface area contributed by atoms with Gasteiger partial charge in [0.1, 0.15) is 5.01 Å². The molecule has 1 N–H and O–H groups in total. The maximum atomic E-state index is 13.0. The molecule has 1 heterocycles. The minimum Gasteiger partial charge on any atom is -0.324 e. The zero-order chi connectivity index (χ0) is 21.0. The molecule has 1 amide bonds. The number of aryl methyl sites for hydroxylation is 1. The summed E-state index contributed by atoms with van der Waals surface area (Å²) in [4.78, 5) is 18.5. The molecule has 152 valence electrons. The predicted octanol–water partition coefficient (Wildman–Crippen LogP) is 5.21.